The molecule has 0 aliphatic carbocycles. The minimum atomic E-state index is -0.0268. The van der Waals surface area contributed by atoms with Gasteiger partial charge in [0.1, 0.15) is 5.01 Å². The average Bonchev–Trinajstić information content (AvgIpc) is 2.81. The van der Waals surface area contributed by atoms with E-state index >= 15 is 0 Å². The van der Waals surface area contributed by atoms with Crippen LogP contribution in [-0.4, -0.2) is 4.98 Å². The Kier molecular flexibility index (Phi) is 3.29. The fraction of sp³-hybridized carbons (Fsp3) is 0.0714. The van der Waals surface area contributed by atoms with E-state index in [0.717, 1.165) is 21.1 Å². The highest BCUT2D eigenvalue weighted by molar-refractivity contribution is 7.81. The quantitative estimate of drug-likeness (QED) is 0.658. The second-order valence-corrected chi connectivity index (χ2v) is 5.99. The molecule has 0 saturated carbocycles. The summed E-state index contributed by atoms with van der Waals surface area (Å²) in [5.74, 6) is 0. The van der Waals surface area contributed by atoms with Crippen molar-refractivity contribution in [2.75, 3.05) is 0 Å². The lowest BCUT2D eigenvalue weighted by Crippen LogP contribution is -1.91. The lowest BCUT2D eigenvalue weighted by molar-refractivity contribution is 1.13. The van der Waals surface area contributed by atoms with Crippen molar-refractivity contribution < 1.29 is 0 Å². The lowest BCUT2D eigenvalue weighted by Gasteiger charge is -2.07. The number of hydrogen-bond donors (Lipinski definition) is 1. The van der Waals surface area contributed by atoms with E-state index in [1.165, 1.54) is 4.70 Å². The Balaban J connectivity index is 2.03. The molecule has 3 aromatic rings. The van der Waals surface area contributed by atoms with Crippen molar-refractivity contribution in [1.82, 2.24) is 4.98 Å². The number of hydrogen-bond acceptors (Lipinski definition) is 3. The minimum absolute atomic E-state index is 0.0268. The number of para-hydroxylation sites is 1. The van der Waals surface area contributed by atoms with Gasteiger partial charge in [0.2, 0.25) is 0 Å². The smallest absolute Gasteiger partial charge is 0.111 e. The largest absolute Gasteiger partial charge is 0.240 e. The van der Waals surface area contributed by atoms with E-state index in [-0.39, 0.29) is 5.25 Å². The van der Waals surface area contributed by atoms with Crippen LogP contribution in [0.2, 0.25) is 5.02 Å². The first-order chi connectivity index (χ1) is 8.74. The molecule has 0 bridgehead atoms. The van der Waals surface area contributed by atoms with Crippen molar-refractivity contribution >= 4 is 45.8 Å². The van der Waals surface area contributed by atoms with Gasteiger partial charge in [0, 0.05) is 5.02 Å². The summed E-state index contributed by atoms with van der Waals surface area (Å²) in [6.07, 6.45) is 0. The summed E-state index contributed by atoms with van der Waals surface area (Å²) in [4.78, 5) is 4.62. The van der Waals surface area contributed by atoms with E-state index in [2.05, 4.69) is 23.7 Å². The molecule has 1 atom stereocenters. The highest BCUT2D eigenvalue weighted by Crippen LogP contribution is 2.34. The monoisotopic (exact) mass is 291 g/mol. The SMILES string of the molecule is SC(c1cccc(Cl)c1)c1nc2ccccc2s1. The topological polar surface area (TPSA) is 12.9 Å². The number of rotatable bonds is 2. The number of fused-ring (bicyclic) bond motifs is 1. The van der Waals surface area contributed by atoms with Crippen molar-refractivity contribution in [3.05, 3.63) is 64.1 Å². The zero-order valence-electron chi connectivity index (χ0n) is 9.38. The van der Waals surface area contributed by atoms with Crippen LogP contribution in [0.3, 0.4) is 0 Å². The molecule has 0 N–H and O–H groups in total. The summed E-state index contributed by atoms with van der Waals surface area (Å²) in [7, 11) is 0. The first kappa shape index (κ1) is 12.0. The Hall–Kier alpha value is -1.03. The number of aromatic nitrogens is 1. The molecule has 18 heavy (non-hydrogen) atoms. The van der Waals surface area contributed by atoms with Gasteiger partial charge in [-0.2, -0.15) is 12.6 Å². The summed E-state index contributed by atoms with van der Waals surface area (Å²) in [5, 5.41) is 1.70. The minimum Gasteiger partial charge on any atom is -0.240 e. The molecule has 1 unspecified atom stereocenters. The molecule has 0 radical (unpaired) electrons. The molecule has 0 aliphatic rings. The van der Waals surface area contributed by atoms with Gasteiger partial charge in [-0.25, -0.2) is 4.98 Å². The highest BCUT2D eigenvalue weighted by Gasteiger charge is 2.14. The molecule has 0 aliphatic heterocycles. The normalized spacial score (nSPS) is 12.8. The van der Waals surface area contributed by atoms with Gasteiger partial charge in [0.05, 0.1) is 15.5 Å². The van der Waals surface area contributed by atoms with Crippen LogP contribution in [0.5, 0.6) is 0 Å². The maximum Gasteiger partial charge on any atom is 0.111 e. The van der Waals surface area contributed by atoms with Crippen LogP contribution in [0, 0.1) is 0 Å². The third-order valence-electron chi connectivity index (χ3n) is 2.71. The molecule has 3 rings (SSSR count). The Morgan fingerprint density at radius 2 is 1.94 bits per heavy atom. The van der Waals surface area contributed by atoms with E-state index in [1.54, 1.807) is 11.3 Å². The summed E-state index contributed by atoms with van der Waals surface area (Å²) in [6, 6.07) is 15.9. The Morgan fingerprint density at radius 1 is 1.11 bits per heavy atom. The molecular weight excluding hydrogens is 282 g/mol. The van der Waals surface area contributed by atoms with Crippen molar-refractivity contribution in [3.63, 3.8) is 0 Å². The van der Waals surface area contributed by atoms with Crippen molar-refractivity contribution in [2.45, 2.75) is 5.25 Å². The number of thiol groups is 1. The fourth-order valence-electron chi connectivity index (χ4n) is 1.83. The maximum atomic E-state index is 6.00. The zero-order chi connectivity index (χ0) is 12.5. The van der Waals surface area contributed by atoms with Crippen LogP contribution >= 0.6 is 35.6 Å². The molecule has 4 heteroatoms. The average molecular weight is 292 g/mol. The molecule has 1 heterocycles. The number of thiazole rings is 1. The van der Waals surface area contributed by atoms with Gasteiger partial charge >= 0.3 is 0 Å². The second-order valence-electron chi connectivity index (χ2n) is 3.98. The van der Waals surface area contributed by atoms with E-state index in [9.17, 15) is 0 Å². The van der Waals surface area contributed by atoms with E-state index < -0.39 is 0 Å². The fourth-order valence-corrected chi connectivity index (χ4v) is 3.38. The van der Waals surface area contributed by atoms with Crippen LogP contribution in [-0.2, 0) is 0 Å². The predicted molar refractivity (Wildman–Crippen MR) is 81.9 cm³/mol. The summed E-state index contributed by atoms with van der Waals surface area (Å²) >= 11 is 12.3. The summed E-state index contributed by atoms with van der Waals surface area (Å²) in [5.41, 5.74) is 2.10. The van der Waals surface area contributed by atoms with Gasteiger partial charge < -0.3 is 0 Å². The summed E-state index contributed by atoms with van der Waals surface area (Å²) < 4.78 is 1.19. The molecule has 0 saturated heterocycles. The molecule has 90 valence electrons. The van der Waals surface area contributed by atoms with Crippen LogP contribution in [0.15, 0.2) is 48.5 Å². The Morgan fingerprint density at radius 3 is 2.72 bits per heavy atom. The van der Waals surface area contributed by atoms with Crippen molar-refractivity contribution in [2.24, 2.45) is 0 Å². The van der Waals surface area contributed by atoms with Gasteiger partial charge in [-0.15, -0.1) is 11.3 Å². The Bertz CT molecular complexity index is 660. The third kappa shape index (κ3) is 2.26. The second kappa shape index (κ2) is 4.92. The van der Waals surface area contributed by atoms with Gasteiger partial charge in [-0.3, -0.25) is 0 Å². The molecule has 0 spiro atoms. The molecule has 0 fully saturated rings. The number of halogens is 1. The molecule has 1 aromatic heterocycles. The molecular formula is C14H10ClNS2. The van der Waals surface area contributed by atoms with Crippen LogP contribution in [0.1, 0.15) is 15.8 Å². The van der Waals surface area contributed by atoms with E-state index in [4.69, 9.17) is 11.6 Å². The third-order valence-corrected chi connectivity index (χ3v) is 4.76. The van der Waals surface area contributed by atoms with E-state index in [1.807, 2.05) is 42.5 Å². The Labute approximate surface area is 120 Å². The van der Waals surface area contributed by atoms with Crippen molar-refractivity contribution in [1.29, 1.82) is 0 Å². The standard InChI is InChI=1S/C14H10ClNS2/c15-10-5-3-4-9(8-10)13(17)14-16-11-6-1-2-7-12(11)18-14/h1-8,13,17H. The maximum absolute atomic E-state index is 6.00. The van der Waals surface area contributed by atoms with Crippen molar-refractivity contribution in [3.8, 4) is 0 Å². The van der Waals surface area contributed by atoms with E-state index in [0.29, 0.717) is 0 Å². The molecule has 1 nitrogen and oxygen atoms in total. The number of benzene rings is 2. The first-order valence-electron chi connectivity index (χ1n) is 5.53. The van der Waals surface area contributed by atoms with Crippen LogP contribution < -0.4 is 0 Å². The highest BCUT2D eigenvalue weighted by atomic mass is 35.5. The van der Waals surface area contributed by atoms with Crippen LogP contribution in [0.25, 0.3) is 10.2 Å². The van der Waals surface area contributed by atoms with Gasteiger partial charge in [0.25, 0.3) is 0 Å². The zero-order valence-corrected chi connectivity index (χ0v) is 11.8. The number of nitrogens with zero attached hydrogens (tertiary/aromatic N) is 1. The molecule has 0 amide bonds. The van der Waals surface area contributed by atoms with Gasteiger partial charge in [0.15, 0.2) is 0 Å². The molecule has 2 aromatic carbocycles. The van der Waals surface area contributed by atoms with Gasteiger partial charge in [-0.05, 0) is 29.8 Å². The lowest BCUT2D eigenvalue weighted by atomic mass is 10.1. The summed E-state index contributed by atoms with van der Waals surface area (Å²) in [6.45, 7) is 0. The first-order valence-corrected chi connectivity index (χ1v) is 7.24. The van der Waals surface area contributed by atoms with Crippen LogP contribution in [0.4, 0.5) is 0 Å². The predicted octanol–water partition coefficient (Wildman–Crippen LogP) is 4.97. The van der Waals surface area contributed by atoms with Gasteiger partial charge in [-0.1, -0.05) is 35.9 Å².